The molecule has 0 bridgehead atoms. The standard InChI is InChI=1S/C20H31Cl/c1-15-6-7-17(12-16(15)2)13-20(14-21)10-8-18(9-11-20)19(3,4)5/h6-7,12,18H,8-11,13-14H2,1-5H3. The first-order valence-corrected chi connectivity index (χ1v) is 8.91. The summed E-state index contributed by atoms with van der Waals surface area (Å²) in [5, 5.41) is 0. The molecule has 21 heavy (non-hydrogen) atoms. The summed E-state index contributed by atoms with van der Waals surface area (Å²) in [6, 6.07) is 6.92. The normalized spacial score (nSPS) is 26.9. The van der Waals surface area contributed by atoms with Gasteiger partial charge in [-0.15, -0.1) is 11.6 Å². The van der Waals surface area contributed by atoms with Crippen molar-refractivity contribution in [2.45, 2.75) is 66.7 Å². The van der Waals surface area contributed by atoms with Crippen LogP contribution in [0.15, 0.2) is 18.2 Å². The van der Waals surface area contributed by atoms with Crippen molar-refractivity contribution >= 4 is 11.6 Å². The second kappa shape index (κ2) is 6.32. The lowest BCUT2D eigenvalue weighted by molar-refractivity contribution is 0.102. The number of rotatable bonds is 3. The molecule has 1 aliphatic carbocycles. The Morgan fingerprint density at radius 1 is 1.10 bits per heavy atom. The molecule has 1 aromatic rings. The Morgan fingerprint density at radius 3 is 2.19 bits per heavy atom. The van der Waals surface area contributed by atoms with Gasteiger partial charge >= 0.3 is 0 Å². The summed E-state index contributed by atoms with van der Waals surface area (Å²) in [4.78, 5) is 0. The molecule has 0 nitrogen and oxygen atoms in total. The molecule has 0 N–H and O–H groups in total. The highest BCUT2D eigenvalue weighted by molar-refractivity contribution is 6.18. The van der Waals surface area contributed by atoms with Crippen LogP contribution in [-0.2, 0) is 6.42 Å². The Morgan fingerprint density at radius 2 is 1.71 bits per heavy atom. The van der Waals surface area contributed by atoms with Gasteiger partial charge in [0.2, 0.25) is 0 Å². The first-order chi connectivity index (χ1) is 9.76. The summed E-state index contributed by atoms with van der Waals surface area (Å²) in [6.45, 7) is 11.5. The van der Waals surface area contributed by atoms with Crippen molar-refractivity contribution in [1.29, 1.82) is 0 Å². The molecule has 0 aliphatic heterocycles. The fraction of sp³-hybridized carbons (Fsp3) is 0.700. The predicted octanol–water partition coefficient (Wildman–Crippen LogP) is 6.31. The van der Waals surface area contributed by atoms with Gasteiger partial charge in [0.05, 0.1) is 0 Å². The summed E-state index contributed by atoms with van der Waals surface area (Å²) >= 11 is 6.42. The van der Waals surface area contributed by atoms with E-state index in [2.05, 4.69) is 52.8 Å². The lowest BCUT2D eigenvalue weighted by Gasteiger charge is -2.43. The van der Waals surface area contributed by atoms with E-state index in [9.17, 15) is 0 Å². The number of hydrogen-bond acceptors (Lipinski definition) is 0. The van der Waals surface area contributed by atoms with E-state index in [0.29, 0.717) is 10.8 Å². The number of aryl methyl sites for hydroxylation is 2. The van der Waals surface area contributed by atoms with Crippen molar-refractivity contribution in [3.8, 4) is 0 Å². The van der Waals surface area contributed by atoms with Crippen LogP contribution in [0, 0.1) is 30.6 Å². The molecule has 1 aliphatic rings. The van der Waals surface area contributed by atoms with Crippen LogP contribution in [0.2, 0.25) is 0 Å². The molecular weight excluding hydrogens is 276 g/mol. The molecule has 1 saturated carbocycles. The second-order valence-corrected chi connectivity index (χ2v) is 8.64. The molecule has 0 saturated heterocycles. The highest BCUT2D eigenvalue weighted by Crippen LogP contribution is 2.47. The summed E-state index contributed by atoms with van der Waals surface area (Å²) in [7, 11) is 0. The average Bonchev–Trinajstić information content (AvgIpc) is 2.42. The van der Waals surface area contributed by atoms with E-state index in [1.165, 1.54) is 42.4 Å². The Kier molecular flexibility index (Phi) is 5.08. The fourth-order valence-electron chi connectivity index (χ4n) is 3.80. The van der Waals surface area contributed by atoms with E-state index in [4.69, 9.17) is 11.6 Å². The van der Waals surface area contributed by atoms with Crippen LogP contribution in [0.25, 0.3) is 0 Å². The lowest BCUT2D eigenvalue weighted by atomic mass is 9.63. The van der Waals surface area contributed by atoms with E-state index >= 15 is 0 Å². The maximum absolute atomic E-state index is 6.42. The molecule has 118 valence electrons. The van der Waals surface area contributed by atoms with Crippen molar-refractivity contribution in [3.05, 3.63) is 34.9 Å². The van der Waals surface area contributed by atoms with Crippen molar-refractivity contribution in [1.82, 2.24) is 0 Å². The minimum Gasteiger partial charge on any atom is -0.126 e. The maximum atomic E-state index is 6.42. The van der Waals surface area contributed by atoms with Crippen molar-refractivity contribution in [2.24, 2.45) is 16.7 Å². The van der Waals surface area contributed by atoms with Crippen molar-refractivity contribution in [3.63, 3.8) is 0 Å². The zero-order chi connectivity index (χ0) is 15.7. The molecule has 0 spiro atoms. The third-order valence-electron chi connectivity index (χ3n) is 5.70. The molecule has 1 heteroatoms. The van der Waals surface area contributed by atoms with Crippen LogP contribution in [0.4, 0.5) is 0 Å². The quantitative estimate of drug-likeness (QED) is 0.574. The van der Waals surface area contributed by atoms with Crippen LogP contribution in [0.3, 0.4) is 0 Å². The zero-order valence-corrected chi connectivity index (χ0v) is 15.2. The van der Waals surface area contributed by atoms with Gasteiger partial charge in [-0.05, 0) is 79.4 Å². The van der Waals surface area contributed by atoms with E-state index in [1.54, 1.807) is 0 Å². The monoisotopic (exact) mass is 306 g/mol. The molecular formula is C20H31Cl. The van der Waals surface area contributed by atoms with Gasteiger partial charge in [0.25, 0.3) is 0 Å². The number of hydrogen-bond donors (Lipinski definition) is 0. The number of alkyl halides is 1. The lowest BCUT2D eigenvalue weighted by Crippen LogP contribution is -2.35. The van der Waals surface area contributed by atoms with Crippen molar-refractivity contribution in [2.75, 3.05) is 5.88 Å². The van der Waals surface area contributed by atoms with Crippen molar-refractivity contribution < 1.29 is 0 Å². The van der Waals surface area contributed by atoms with E-state index in [0.717, 1.165) is 18.2 Å². The molecule has 0 amide bonds. The Labute approximate surface area is 136 Å². The molecule has 0 radical (unpaired) electrons. The number of halogens is 1. The van der Waals surface area contributed by atoms with Gasteiger partial charge in [0, 0.05) is 5.88 Å². The van der Waals surface area contributed by atoms with Crippen LogP contribution in [-0.4, -0.2) is 5.88 Å². The first-order valence-electron chi connectivity index (χ1n) is 8.38. The maximum Gasteiger partial charge on any atom is 0.0283 e. The molecule has 0 aromatic heterocycles. The Hall–Kier alpha value is -0.490. The first kappa shape index (κ1) is 16.9. The van der Waals surface area contributed by atoms with Gasteiger partial charge in [-0.25, -0.2) is 0 Å². The third-order valence-corrected chi connectivity index (χ3v) is 6.27. The predicted molar refractivity (Wildman–Crippen MR) is 94.2 cm³/mol. The topological polar surface area (TPSA) is 0 Å². The summed E-state index contributed by atoms with van der Waals surface area (Å²) < 4.78 is 0. The van der Waals surface area contributed by atoms with Crippen LogP contribution < -0.4 is 0 Å². The van der Waals surface area contributed by atoms with Gasteiger partial charge in [-0.2, -0.15) is 0 Å². The smallest absolute Gasteiger partial charge is 0.0283 e. The van der Waals surface area contributed by atoms with Gasteiger partial charge in [-0.3, -0.25) is 0 Å². The Bertz CT molecular complexity index is 473. The molecule has 1 fully saturated rings. The summed E-state index contributed by atoms with van der Waals surface area (Å²) in [5.74, 6) is 1.66. The third kappa shape index (κ3) is 4.03. The van der Waals surface area contributed by atoms with Gasteiger partial charge in [-0.1, -0.05) is 39.0 Å². The highest BCUT2D eigenvalue weighted by Gasteiger charge is 2.38. The van der Waals surface area contributed by atoms with Gasteiger partial charge in [0.15, 0.2) is 0 Å². The minimum atomic E-state index is 0.324. The summed E-state index contributed by atoms with van der Waals surface area (Å²) in [5.41, 5.74) is 5.02. The van der Waals surface area contributed by atoms with E-state index in [-0.39, 0.29) is 0 Å². The van der Waals surface area contributed by atoms with Crippen LogP contribution in [0.1, 0.15) is 63.1 Å². The largest absolute Gasteiger partial charge is 0.126 e. The molecule has 1 aromatic carbocycles. The van der Waals surface area contributed by atoms with E-state index in [1.807, 2.05) is 0 Å². The molecule has 0 heterocycles. The average molecular weight is 307 g/mol. The molecule has 0 unspecified atom stereocenters. The molecule has 2 rings (SSSR count). The summed E-state index contributed by atoms with van der Waals surface area (Å²) in [6.07, 6.45) is 6.38. The second-order valence-electron chi connectivity index (χ2n) is 8.37. The minimum absolute atomic E-state index is 0.324. The van der Waals surface area contributed by atoms with Gasteiger partial charge in [0.1, 0.15) is 0 Å². The fourth-order valence-corrected chi connectivity index (χ4v) is 4.16. The van der Waals surface area contributed by atoms with Crippen LogP contribution in [0.5, 0.6) is 0 Å². The van der Waals surface area contributed by atoms with Crippen LogP contribution >= 0.6 is 11.6 Å². The molecule has 0 atom stereocenters. The number of benzene rings is 1. The highest BCUT2D eigenvalue weighted by atomic mass is 35.5. The Balaban J connectivity index is 2.08. The van der Waals surface area contributed by atoms with E-state index < -0.39 is 0 Å². The SMILES string of the molecule is Cc1ccc(CC2(CCl)CCC(C(C)(C)C)CC2)cc1C. The van der Waals surface area contributed by atoms with Gasteiger partial charge < -0.3 is 0 Å². The zero-order valence-electron chi connectivity index (χ0n) is 14.4.